The van der Waals surface area contributed by atoms with Gasteiger partial charge in [-0.3, -0.25) is 14.3 Å². The van der Waals surface area contributed by atoms with E-state index >= 15 is 0 Å². The Morgan fingerprint density at radius 3 is 2.70 bits per heavy atom. The Morgan fingerprint density at radius 2 is 1.90 bits per heavy atom. The summed E-state index contributed by atoms with van der Waals surface area (Å²) in [7, 11) is 0. The second-order valence-electron chi connectivity index (χ2n) is 7.78. The van der Waals surface area contributed by atoms with Crippen molar-refractivity contribution in [2.45, 2.75) is 33.2 Å². The van der Waals surface area contributed by atoms with E-state index in [9.17, 15) is 4.79 Å². The molecule has 1 unspecified atom stereocenters. The van der Waals surface area contributed by atoms with Crippen LogP contribution in [0, 0.1) is 18.5 Å². The fourth-order valence-electron chi connectivity index (χ4n) is 4.26. The SMILES string of the molecule is Cc1cccc(-n2c(C)nc3nc(N4c5ccccc5CC4C)[nH]c(=O)c3c2=S)c1. The summed E-state index contributed by atoms with van der Waals surface area (Å²) in [6.07, 6.45) is 0.902. The molecule has 7 heteroatoms. The Kier molecular flexibility index (Phi) is 4.29. The van der Waals surface area contributed by atoms with Crippen molar-refractivity contribution in [1.82, 2.24) is 19.5 Å². The lowest BCUT2D eigenvalue weighted by Gasteiger charge is -2.23. The summed E-state index contributed by atoms with van der Waals surface area (Å²) in [5.41, 5.74) is 4.40. The van der Waals surface area contributed by atoms with Gasteiger partial charge in [-0.15, -0.1) is 0 Å². The second-order valence-corrected chi connectivity index (χ2v) is 8.17. The van der Waals surface area contributed by atoms with Gasteiger partial charge < -0.3 is 4.90 Å². The number of para-hydroxylation sites is 1. The van der Waals surface area contributed by atoms with Crippen LogP contribution in [0.4, 0.5) is 11.6 Å². The number of aryl methyl sites for hydroxylation is 2. The van der Waals surface area contributed by atoms with Crippen molar-refractivity contribution in [2.75, 3.05) is 4.90 Å². The Bertz CT molecular complexity index is 1420. The minimum atomic E-state index is -0.273. The van der Waals surface area contributed by atoms with Crippen molar-refractivity contribution in [2.24, 2.45) is 0 Å². The summed E-state index contributed by atoms with van der Waals surface area (Å²) in [4.78, 5) is 27.5. The first-order valence-corrected chi connectivity index (χ1v) is 10.3. The third-order valence-corrected chi connectivity index (χ3v) is 5.98. The summed E-state index contributed by atoms with van der Waals surface area (Å²) in [5, 5.41) is 0.334. The maximum Gasteiger partial charge on any atom is 0.264 e. The summed E-state index contributed by atoms with van der Waals surface area (Å²) >= 11 is 5.71. The van der Waals surface area contributed by atoms with Crippen molar-refractivity contribution in [3.8, 4) is 5.69 Å². The van der Waals surface area contributed by atoms with Gasteiger partial charge in [-0.2, -0.15) is 4.98 Å². The molecule has 0 spiro atoms. The van der Waals surface area contributed by atoms with Crippen molar-refractivity contribution in [3.63, 3.8) is 0 Å². The molecule has 0 saturated carbocycles. The number of aromatic amines is 1. The molecule has 0 amide bonds. The maximum absolute atomic E-state index is 13.1. The number of hydrogen-bond acceptors (Lipinski definition) is 5. The van der Waals surface area contributed by atoms with E-state index in [1.807, 2.05) is 54.8 Å². The van der Waals surface area contributed by atoms with Crippen LogP contribution < -0.4 is 10.5 Å². The average molecular weight is 416 g/mol. The Hall–Kier alpha value is -3.32. The van der Waals surface area contributed by atoms with Gasteiger partial charge in [0.05, 0.1) is 0 Å². The van der Waals surface area contributed by atoms with Gasteiger partial charge in [-0.25, -0.2) is 4.98 Å². The number of nitrogens with zero attached hydrogens (tertiary/aromatic N) is 4. The summed E-state index contributed by atoms with van der Waals surface area (Å²) in [5.74, 6) is 1.19. The molecule has 0 radical (unpaired) electrons. The molecule has 30 heavy (non-hydrogen) atoms. The van der Waals surface area contributed by atoms with Gasteiger partial charge >= 0.3 is 0 Å². The van der Waals surface area contributed by atoms with Crippen LogP contribution in [0.1, 0.15) is 23.9 Å². The van der Waals surface area contributed by atoms with Gasteiger partial charge in [0, 0.05) is 17.4 Å². The second kappa shape index (κ2) is 6.88. The zero-order valence-corrected chi connectivity index (χ0v) is 17.8. The minimum Gasteiger partial charge on any atom is -0.309 e. The van der Waals surface area contributed by atoms with Gasteiger partial charge in [0.25, 0.3) is 5.56 Å². The molecule has 3 heterocycles. The summed E-state index contributed by atoms with van der Waals surface area (Å²) in [6, 6.07) is 16.4. The van der Waals surface area contributed by atoms with Crippen LogP contribution in [-0.2, 0) is 6.42 Å². The summed E-state index contributed by atoms with van der Waals surface area (Å²) in [6.45, 7) is 6.03. The topological polar surface area (TPSA) is 66.8 Å². The zero-order chi connectivity index (χ0) is 21.0. The van der Waals surface area contributed by atoms with Crippen LogP contribution in [-0.4, -0.2) is 25.6 Å². The lowest BCUT2D eigenvalue weighted by Crippen LogP contribution is -2.28. The molecule has 6 nitrogen and oxygen atoms in total. The van der Waals surface area contributed by atoms with Gasteiger partial charge in [0.2, 0.25) is 5.95 Å². The number of aromatic nitrogens is 4. The predicted molar refractivity (Wildman–Crippen MR) is 122 cm³/mol. The Balaban J connectivity index is 1.73. The van der Waals surface area contributed by atoms with E-state index in [2.05, 4.69) is 33.9 Å². The van der Waals surface area contributed by atoms with Crippen LogP contribution in [0.5, 0.6) is 0 Å². The van der Waals surface area contributed by atoms with Crippen LogP contribution >= 0.6 is 12.2 Å². The van der Waals surface area contributed by atoms with Crippen molar-refractivity contribution in [3.05, 3.63) is 80.5 Å². The third kappa shape index (κ3) is 2.85. The molecular weight excluding hydrogens is 394 g/mol. The van der Waals surface area contributed by atoms with Gasteiger partial charge in [0.15, 0.2) is 5.65 Å². The number of hydrogen-bond donors (Lipinski definition) is 1. The van der Waals surface area contributed by atoms with Gasteiger partial charge in [0.1, 0.15) is 15.9 Å². The smallest absolute Gasteiger partial charge is 0.264 e. The minimum absolute atomic E-state index is 0.188. The molecule has 5 rings (SSSR count). The molecule has 2 aromatic heterocycles. The van der Waals surface area contributed by atoms with E-state index < -0.39 is 0 Å². The first kappa shape index (κ1) is 18.7. The highest BCUT2D eigenvalue weighted by Crippen LogP contribution is 2.36. The highest BCUT2D eigenvalue weighted by atomic mass is 32.1. The normalized spacial score (nSPS) is 15.6. The zero-order valence-electron chi connectivity index (χ0n) is 17.0. The fourth-order valence-corrected chi connectivity index (χ4v) is 4.68. The number of nitrogens with one attached hydrogen (secondary N) is 1. The first-order valence-electron chi connectivity index (χ1n) is 9.92. The Morgan fingerprint density at radius 1 is 1.10 bits per heavy atom. The van der Waals surface area contributed by atoms with Crippen LogP contribution in [0.15, 0.2) is 53.3 Å². The number of fused-ring (bicyclic) bond motifs is 2. The largest absolute Gasteiger partial charge is 0.309 e. The molecule has 1 N–H and O–H groups in total. The number of rotatable bonds is 2. The van der Waals surface area contributed by atoms with Crippen LogP contribution in [0.25, 0.3) is 16.7 Å². The molecule has 0 bridgehead atoms. The number of anilines is 2. The lowest BCUT2D eigenvalue weighted by atomic mass is 10.1. The van der Waals surface area contributed by atoms with E-state index in [4.69, 9.17) is 17.2 Å². The highest BCUT2D eigenvalue weighted by Gasteiger charge is 2.29. The molecule has 1 aliphatic heterocycles. The molecular formula is C23H21N5OS. The fraction of sp³-hybridized carbons (Fsp3) is 0.217. The molecule has 0 fully saturated rings. The number of H-pyrrole nitrogens is 1. The Labute approximate surface area is 178 Å². The monoisotopic (exact) mass is 415 g/mol. The van der Waals surface area contributed by atoms with E-state index in [1.165, 1.54) is 5.56 Å². The first-order chi connectivity index (χ1) is 14.4. The molecule has 1 atom stereocenters. The quantitative estimate of drug-likeness (QED) is 0.487. The van der Waals surface area contributed by atoms with E-state index in [0.717, 1.165) is 23.4 Å². The lowest BCUT2D eigenvalue weighted by molar-refractivity contribution is 0.739. The highest BCUT2D eigenvalue weighted by molar-refractivity contribution is 7.71. The van der Waals surface area contributed by atoms with Crippen LogP contribution in [0.3, 0.4) is 0 Å². The summed E-state index contributed by atoms with van der Waals surface area (Å²) < 4.78 is 2.24. The average Bonchev–Trinajstić information content (AvgIpc) is 3.03. The van der Waals surface area contributed by atoms with Crippen molar-refractivity contribution < 1.29 is 0 Å². The molecule has 4 aromatic rings. The van der Waals surface area contributed by atoms with Gasteiger partial charge in [-0.05, 0) is 56.5 Å². The standard InChI is InChI=1S/C23H21N5OS/c1-13-7-6-9-17(11-13)28-15(3)24-20-19(22(28)30)21(29)26-23(25-20)27-14(2)12-16-8-4-5-10-18(16)27/h4-11,14H,12H2,1-3H3,(H,25,26,29). The van der Waals surface area contributed by atoms with Crippen molar-refractivity contribution in [1.29, 1.82) is 0 Å². The third-order valence-electron chi connectivity index (χ3n) is 5.59. The molecule has 1 aliphatic rings. The van der Waals surface area contributed by atoms with E-state index in [-0.39, 0.29) is 11.6 Å². The molecule has 0 aliphatic carbocycles. The van der Waals surface area contributed by atoms with E-state index in [1.54, 1.807) is 0 Å². The van der Waals surface area contributed by atoms with Crippen molar-refractivity contribution >= 4 is 34.9 Å². The van der Waals surface area contributed by atoms with Crippen LogP contribution in [0.2, 0.25) is 0 Å². The molecule has 0 saturated heterocycles. The predicted octanol–water partition coefficient (Wildman–Crippen LogP) is 4.54. The number of benzene rings is 2. The van der Waals surface area contributed by atoms with E-state index in [0.29, 0.717) is 27.4 Å². The molecule has 150 valence electrons. The molecule has 2 aromatic carbocycles. The maximum atomic E-state index is 13.1. The van der Waals surface area contributed by atoms with Gasteiger partial charge in [-0.1, -0.05) is 42.5 Å².